The molecule has 188 valence electrons. The standard InChI is InChI=1S/C27H28N8O2/c1-3-24(36)30-20-6-5-7-22(16-20)35-18-29-26(37)23-17-28-27(32-25(23)35)31-19-8-10-21(11-9-19)34-14-12-33(4-2)13-15-34/h3,5-11,16-18H,1,4,12-15H2,2H3,(H,30,36)(H,28,31,32). The molecular formula is C27H28N8O2. The first kappa shape index (κ1) is 24.1. The molecule has 10 heteroatoms. The van der Waals surface area contributed by atoms with Crippen LogP contribution in [0.4, 0.5) is 23.0 Å². The number of hydrogen-bond acceptors (Lipinski definition) is 8. The number of rotatable bonds is 7. The molecule has 4 aromatic rings. The van der Waals surface area contributed by atoms with Gasteiger partial charge in [-0.2, -0.15) is 9.97 Å². The molecule has 3 heterocycles. The Hall–Kier alpha value is -4.57. The van der Waals surface area contributed by atoms with Gasteiger partial charge in [0.05, 0.1) is 5.69 Å². The largest absolute Gasteiger partial charge is 0.369 e. The van der Waals surface area contributed by atoms with Crippen molar-refractivity contribution in [2.45, 2.75) is 6.92 Å². The Labute approximate surface area is 214 Å². The minimum Gasteiger partial charge on any atom is -0.369 e. The van der Waals surface area contributed by atoms with Gasteiger partial charge in [0, 0.05) is 49.4 Å². The topological polar surface area (TPSA) is 108 Å². The fraction of sp³-hybridized carbons (Fsp3) is 0.222. The summed E-state index contributed by atoms with van der Waals surface area (Å²) in [6, 6.07) is 15.3. The van der Waals surface area contributed by atoms with Crippen molar-refractivity contribution in [1.29, 1.82) is 0 Å². The van der Waals surface area contributed by atoms with Gasteiger partial charge in [-0.15, -0.1) is 0 Å². The summed E-state index contributed by atoms with van der Waals surface area (Å²) in [4.78, 5) is 41.9. The summed E-state index contributed by atoms with van der Waals surface area (Å²) in [6.07, 6.45) is 4.09. The van der Waals surface area contributed by atoms with Crippen LogP contribution in [0.2, 0.25) is 0 Å². The van der Waals surface area contributed by atoms with Crippen molar-refractivity contribution in [3.63, 3.8) is 0 Å². The molecule has 2 N–H and O–H groups in total. The molecule has 1 fully saturated rings. The molecule has 0 radical (unpaired) electrons. The number of likely N-dealkylation sites (N-methyl/N-ethyl adjacent to an activating group) is 1. The fourth-order valence-electron chi connectivity index (χ4n) is 4.32. The summed E-state index contributed by atoms with van der Waals surface area (Å²) in [6.45, 7) is 10.9. The molecule has 0 bridgehead atoms. The van der Waals surface area contributed by atoms with Crippen molar-refractivity contribution >= 4 is 40.0 Å². The van der Waals surface area contributed by atoms with Crippen LogP contribution in [0.25, 0.3) is 16.7 Å². The summed E-state index contributed by atoms with van der Waals surface area (Å²) in [5.74, 6) is 0.0374. The third kappa shape index (κ3) is 5.34. The normalized spacial score (nSPS) is 13.9. The van der Waals surface area contributed by atoms with Gasteiger partial charge in [-0.05, 0) is 55.1 Å². The van der Waals surface area contributed by atoms with Crippen LogP contribution in [-0.4, -0.2) is 63.0 Å². The molecule has 1 aliphatic rings. The number of piperazine rings is 1. The lowest BCUT2D eigenvalue weighted by atomic mass is 10.2. The van der Waals surface area contributed by atoms with Crippen LogP contribution in [0.15, 0.2) is 78.5 Å². The maximum atomic E-state index is 12.4. The molecule has 37 heavy (non-hydrogen) atoms. The molecule has 0 spiro atoms. The summed E-state index contributed by atoms with van der Waals surface area (Å²) in [5, 5.41) is 6.26. The van der Waals surface area contributed by atoms with Gasteiger partial charge in [-0.1, -0.05) is 19.6 Å². The van der Waals surface area contributed by atoms with Crippen LogP contribution in [0.1, 0.15) is 6.92 Å². The summed E-state index contributed by atoms with van der Waals surface area (Å²) in [7, 11) is 0. The highest BCUT2D eigenvalue weighted by Crippen LogP contribution is 2.23. The highest BCUT2D eigenvalue weighted by Gasteiger charge is 2.16. The minimum absolute atomic E-state index is 0.287. The Balaban J connectivity index is 1.40. The molecule has 1 amide bonds. The number of nitrogens with zero attached hydrogens (tertiary/aromatic N) is 6. The van der Waals surface area contributed by atoms with E-state index < -0.39 is 5.56 Å². The molecule has 2 aromatic carbocycles. The summed E-state index contributed by atoms with van der Waals surface area (Å²) >= 11 is 0. The third-order valence-corrected chi connectivity index (χ3v) is 6.40. The first-order chi connectivity index (χ1) is 18.0. The second kappa shape index (κ2) is 10.6. The SMILES string of the molecule is C=CC(=O)Nc1cccc(-n2cnc(=O)c3cnc(Nc4ccc(N5CCN(CC)CC5)cc4)nc32)c1. The first-order valence-electron chi connectivity index (χ1n) is 12.2. The van der Waals surface area contributed by atoms with Crippen LogP contribution < -0.4 is 21.1 Å². The van der Waals surface area contributed by atoms with E-state index >= 15 is 0 Å². The molecule has 0 saturated carbocycles. The quantitative estimate of drug-likeness (QED) is 0.376. The highest BCUT2D eigenvalue weighted by molar-refractivity contribution is 5.99. The number of anilines is 4. The van der Waals surface area contributed by atoms with Gasteiger partial charge in [0.25, 0.3) is 5.56 Å². The molecule has 2 aromatic heterocycles. The smallest absolute Gasteiger partial charge is 0.283 e. The van der Waals surface area contributed by atoms with Crippen molar-refractivity contribution in [3.05, 3.63) is 84.1 Å². The van der Waals surface area contributed by atoms with Gasteiger partial charge in [0.15, 0.2) is 5.65 Å². The zero-order valence-electron chi connectivity index (χ0n) is 20.6. The van der Waals surface area contributed by atoms with E-state index in [0.29, 0.717) is 23.0 Å². The number of benzene rings is 2. The van der Waals surface area contributed by atoms with Crippen molar-refractivity contribution < 1.29 is 4.79 Å². The lowest BCUT2D eigenvalue weighted by Crippen LogP contribution is -2.46. The number of carbonyl (C=O) groups excluding carboxylic acids is 1. The monoisotopic (exact) mass is 496 g/mol. The second-order valence-electron chi connectivity index (χ2n) is 8.69. The summed E-state index contributed by atoms with van der Waals surface area (Å²) in [5.41, 5.74) is 3.27. The Morgan fingerprint density at radius 1 is 1.03 bits per heavy atom. The minimum atomic E-state index is -0.415. The van der Waals surface area contributed by atoms with Crippen molar-refractivity contribution in [2.75, 3.05) is 48.3 Å². The first-order valence-corrected chi connectivity index (χ1v) is 12.2. The van der Waals surface area contributed by atoms with E-state index in [2.05, 4.69) is 61.0 Å². The van der Waals surface area contributed by atoms with Crippen LogP contribution in [0, 0.1) is 0 Å². The van der Waals surface area contributed by atoms with E-state index in [4.69, 9.17) is 0 Å². The third-order valence-electron chi connectivity index (χ3n) is 6.40. The number of nitrogens with one attached hydrogen (secondary N) is 2. The average Bonchev–Trinajstić information content (AvgIpc) is 2.94. The van der Waals surface area contributed by atoms with Crippen molar-refractivity contribution in [2.24, 2.45) is 0 Å². The molecule has 0 aliphatic carbocycles. The van der Waals surface area contributed by atoms with E-state index in [0.717, 1.165) is 38.4 Å². The molecule has 1 saturated heterocycles. The van der Waals surface area contributed by atoms with Crippen LogP contribution in [0.5, 0.6) is 0 Å². The number of hydrogen-bond donors (Lipinski definition) is 2. The Morgan fingerprint density at radius 2 is 1.81 bits per heavy atom. The lowest BCUT2D eigenvalue weighted by Gasteiger charge is -2.35. The number of aromatic nitrogens is 4. The highest BCUT2D eigenvalue weighted by atomic mass is 16.1. The predicted molar refractivity (Wildman–Crippen MR) is 146 cm³/mol. The van der Waals surface area contributed by atoms with Crippen LogP contribution in [0.3, 0.4) is 0 Å². The number of amides is 1. The Morgan fingerprint density at radius 3 is 2.54 bits per heavy atom. The van der Waals surface area contributed by atoms with E-state index in [-0.39, 0.29) is 11.3 Å². The summed E-state index contributed by atoms with van der Waals surface area (Å²) < 4.78 is 1.69. The van der Waals surface area contributed by atoms with Crippen LogP contribution in [-0.2, 0) is 4.79 Å². The van der Waals surface area contributed by atoms with Gasteiger partial charge in [0.2, 0.25) is 11.9 Å². The second-order valence-corrected chi connectivity index (χ2v) is 8.69. The maximum absolute atomic E-state index is 12.4. The van der Waals surface area contributed by atoms with E-state index in [1.54, 1.807) is 22.8 Å². The number of carbonyl (C=O) groups is 1. The predicted octanol–water partition coefficient (Wildman–Crippen LogP) is 3.19. The van der Waals surface area contributed by atoms with Gasteiger partial charge < -0.3 is 20.4 Å². The van der Waals surface area contributed by atoms with Crippen LogP contribution >= 0.6 is 0 Å². The Kier molecular flexibility index (Phi) is 6.91. The van der Waals surface area contributed by atoms with E-state index in [1.807, 2.05) is 18.2 Å². The molecule has 0 atom stereocenters. The van der Waals surface area contributed by atoms with Gasteiger partial charge in [-0.3, -0.25) is 14.2 Å². The maximum Gasteiger partial charge on any atom is 0.283 e. The lowest BCUT2D eigenvalue weighted by molar-refractivity contribution is -0.111. The van der Waals surface area contributed by atoms with Gasteiger partial charge in [-0.25, -0.2) is 4.98 Å². The zero-order valence-corrected chi connectivity index (χ0v) is 20.6. The molecule has 1 aliphatic heterocycles. The number of fused-ring (bicyclic) bond motifs is 1. The molecule has 10 nitrogen and oxygen atoms in total. The van der Waals surface area contributed by atoms with Crippen molar-refractivity contribution in [3.8, 4) is 5.69 Å². The average molecular weight is 497 g/mol. The van der Waals surface area contributed by atoms with Gasteiger partial charge >= 0.3 is 0 Å². The Bertz CT molecular complexity index is 1490. The zero-order chi connectivity index (χ0) is 25.8. The molecule has 0 unspecified atom stereocenters. The fourth-order valence-corrected chi connectivity index (χ4v) is 4.32. The van der Waals surface area contributed by atoms with Gasteiger partial charge in [0.1, 0.15) is 11.7 Å². The van der Waals surface area contributed by atoms with E-state index in [9.17, 15) is 9.59 Å². The van der Waals surface area contributed by atoms with Crippen molar-refractivity contribution in [1.82, 2.24) is 24.4 Å². The molecule has 5 rings (SSSR count). The molecular weight excluding hydrogens is 468 g/mol. The van der Waals surface area contributed by atoms with E-state index in [1.165, 1.54) is 24.3 Å².